The summed E-state index contributed by atoms with van der Waals surface area (Å²) < 4.78 is 5.56. The van der Waals surface area contributed by atoms with Gasteiger partial charge < -0.3 is 9.52 Å². The van der Waals surface area contributed by atoms with Gasteiger partial charge in [-0.05, 0) is 34.7 Å². The number of non-ortho nitro benzene ring substituents is 2. The average molecular weight is 496 g/mol. The lowest BCUT2D eigenvalue weighted by atomic mass is 10.2. The maximum atomic E-state index is 12.1. The summed E-state index contributed by atoms with van der Waals surface area (Å²) in [6.07, 6.45) is 1.05. The number of nitro benzene ring substituents is 2. The van der Waals surface area contributed by atoms with Gasteiger partial charge in [-0.1, -0.05) is 0 Å². The van der Waals surface area contributed by atoms with Crippen LogP contribution in [-0.4, -0.2) is 27.1 Å². The van der Waals surface area contributed by atoms with Crippen molar-refractivity contribution < 1.29 is 24.2 Å². The maximum Gasteiger partial charge on any atom is 0.307 e. The highest BCUT2D eigenvalue weighted by Gasteiger charge is 2.16. The van der Waals surface area contributed by atoms with Crippen molar-refractivity contribution in [2.75, 3.05) is 0 Å². The Hall–Kier alpha value is -3.55. The Morgan fingerprint density at radius 2 is 1.86 bits per heavy atom. The molecular weight excluding hydrogens is 487 g/mol. The van der Waals surface area contributed by atoms with Gasteiger partial charge in [-0.15, -0.1) is 0 Å². The molecule has 11 nitrogen and oxygen atoms in total. The summed E-state index contributed by atoms with van der Waals surface area (Å²) in [4.78, 5) is 32.6. The molecule has 0 aliphatic heterocycles. The van der Waals surface area contributed by atoms with Gasteiger partial charge in [-0.2, -0.15) is 5.10 Å². The van der Waals surface area contributed by atoms with E-state index in [1.54, 1.807) is 22.6 Å². The highest BCUT2D eigenvalue weighted by atomic mass is 127. The number of carbonyl (C=O) groups excluding carboxylic acids is 1. The minimum atomic E-state index is -0.741. The summed E-state index contributed by atoms with van der Waals surface area (Å²) in [7, 11) is 0. The molecule has 0 spiro atoms. The third kappa shape index (κ3) is 3.90. The largest absolute Gasteiger partial charge is 0.506 e. The van der Waals surface area contributed by atoms with Gasteiger partial charge in [0.25, 0.3) is 11.4 Å². The number of hydrogen-bond acceptors (Lipinski definition) is 8. The Morgan fingerprint density at radius 3 is 2.54 bits per heavy atom. The van der Waals surface area contributed by atoms with Crippen LogP contribution in [0.25, 0.3) is 11.0 Å². The molecule has 0 atom stereocenters. The second-order valence-electron chi connectivity index (χ2n) is 5.41. The third-order valence-electron chi connectivity index (χ3n) is 3.59. The van der Waals surface area contributed by atoms with Gasteiger partial charge in [0, 0.05) is 35.2 Å². The van der Waals surface area contributed by atoms with Crippen molar-refractivity contribution in [2.45, 2.75) is 0 Å². The summed E-state index contributed by atoms with van der Waals surface area (Å²) in [6, 6.07) is 7.50. The van der Waals surface area contributed by atoms with E-state index < -0.39 is 15.8 Å². The normalized spacial score (nSPS) is 11.0. The van der Waals surface area contributed by atoms with Crippen molar-refractivity contribution in [2.24, 2.45) is 5.10 Å². The van der Waals surface area contributed by atoms with Gasteiger partial charge >= 0.3 is 5.91 Å². The number of rotatable bonds is 5. The lowest BCUT2D eigenvalue weighted by molar-refractivity contribution is -0.385. The lowest BCUT2D eigenvalue weighted by Crippen LogP contribution is -2.16. The molecule has 0 aliphatic rings. The fourth-order valence-electron chi connectivity index (χ4n) is 2.28. The quantitative estimate of drug-likeness (QED) is 0.237. The summed E-state index contributed by atoms with van der Waals surface area (Å²) in [6.45, 7) is 0. The van der Waals surface area contributed by atoms with E-state index in [0.717, 1.165) is 12.3 Å². The number of benzene rings is 2. The molecule has 1 heterocycles. The summed E-state index contributed by atoms with van der Waals surface area (Å²) in [5.41, 5.74) is 2.10. The van der Waals surface area contributed by atoms with Crippen LogP contribution in [0.2, 0.25) is 0 Å². The summed E-state index contributed by atoms with van der Waals surface area (Å²) in [5.74, 6) is -1.10. The van der Waals surface area contributed by atoms with Gasteiger partial charge in [0.15, 0.2) is 5.76 Å². The van der Waals surface area contributed by atoms with Gasteiger partial charge in [0.2, 0.25) is 0 Å². The topological polar surface area (TPSA) is 161 Å². The van der Waals surface area contributed by atoms with Gasteiger partial charge in [0.05, 0.1) is 19.6 Å². The summed E-state index contributed by atoms with van der Waals surface area (Å²) in [5, 5.41) is 35.7. The number of furan rings is 1. The Balaban J connectivity index is 1.79. The van der Waals surface area contributed by atoms with Gasteiger partial charge in [-0.25, -0.2) is 5.43 Å². The number of halogens is 1. The predicted molar refractivity (Wildman–Crippen MR) is 105 cm³/mol. The first-order valence-corrected chi connectivity index (χ1v) is 8.52. The van der Waals surface area contributed by atoms with E-state index in [9.17, 15) is 30.1 Å². The van der Waals surface area contributed by atoms with E-state index in [2.05, 4.69) is 10.5 Å². The van der Waals surface area contributed by atoms with Crippen LogP contribution in [-0.2, 0) is 0 Å². The number of fused-ring (bicyclic) bond motifs is 1. The molecule has 0 radical (unpaired) electrons. The van der Waals surface area contributed by atoms with E-state index in [-0.39, 0.29) is 37.6 Å². The smallest absolute Gasteiger partial charge is 0.307 e. The van der Waals surface area contributed by atoms with Crippen molar-refractivity contribution in [1.29, 1.82) is 0 Å². The molecule has 142 valence electrons. The fourth-order valence-corrected chi connectivity index (χ4v) is 2.91. The number of hydrazone groups is 1. The number of phenols is 1. The molecule has 0 fully saturated rings. The van der Waals surface area contributed by atoms with Gasteiger partial charge in [-0.3, -0.25) is 25.0 Å². The van der Waals surface area contributed by atoms with Crippen LogP contribution in [0, 0.1) is 23.8 Å². The minimum absolute atomic E-state index is 0.0409. The Kier molecular flexibility index (Phi) is 5.21. The van der Waals surface area contributed by atoms with E-state index in [1.807, 2.05) is 0 Å². The Morgan fingerprint density at radius 1 is 1.14 bits per heavy atom. The zero-order valence-electron chi connectivity index (χ0n) is 13.7. The Labute approximate surface area is 169 Å². The van der Waals surface area contributed by atoms with Crippen molar-refractivity contribution in [3.63, 3.8) is 0 Å². The summed E-state index contributed by atoms with van der Waals surface area (Å²) >= 11 is 1.73. The van der Waals surface area contributed by atoms with E-state index in [1.165, 1.54) is 30.3 Å². The van der Waals surface area contributed by atoms with Crippen LogP contribution in [0.4, 0.5) is 11.4 Å². The Bertz CT molecular complexity index is 1160. The van der Waals surface area contributed by atoms with Crippen LogP contribution < -0.4 is 5.43 Å². The van der Waals surface area contributed by atoms with Crippen LogP contribution >= 0.6 is 22.6 Å². The molecule has 3 aromatic rings. The zero-order valence-corrected chi connectivity index (χ0v) is 15.8. The maximum absolute atomic E-state index is 12.1. The van der Waals surface area contributed by atoms with Crippen molar-refractivity contribution in [1.82, 2.24) is 5.43 Å². The molecule has 0 bridgehead atoms. The van der Waals surface area contributed by atoms with Gasteiger partial charge in [0.1, 0.15) is 11.3 Å². The first kappa shape index (κ1) is 19.2. The number of nitro groups is 2. The average Bonchev–Trinajstić information content (AvgIpc) is 3.08. The molecule has 28 heavy (non-hydrogen) atoms. The number of carbonyl (C=O) groups is 1. The molecule has 1 aromatic heterocycles. The van der Waals surface area contributed by atoms with Crippen molar-refractivity contribution in [3.8, 4) is 5.75 Å². The number of amides is 1. The van der Waals surface area contributed by atoms with E-state index in [4.69, 9.17) is 4.42 Å². The predicted octanol–water partition coefficient (Wildman–Crippen LogP) is 3.32. The lowest BCUT2D eigenvalue weighted by Gasteiger charge is -2.02. The number of nitrogens with one attached hydrogen (secondary N) is 1. The molecule has 0 unspecified atom stereocenters. The minimum Gasteiger partial charge on any atom is -0.506 e. The second kappa shape index (κ2) is 7.59. The molecule has 0 saturated carbocycles. The molecule has 0 aliphatic carbocycles. The SMILES string of the molecule is O=C(N/N=C\c1cc([N+](=O)[O-])cc(I)c1O)c1cc2cc([N+](=O)[O-])ccc2o1. The monoisotopic (exact) mass is 496 g/mol. The highest BCUT2D eigenvalue weighted by molar-refractivity contribution is 14.1. The fraction of sp³-hybridized carbons (Fsp3) is 0. The number of nitrogens with zero attached hydrogens (tertiary/aromatic N) is 3. The first-order valence-electron chi connectivity index (χ1n) is 7.44. The molecule has 1 amide bonds. The first-order chi connectivity index (χ1) is 13.3. The number of phenolic OH excluding ortho intramolecular Hbond substituents is 1. The molecule has 2 N–H and O–H groups in total. The van der Waals surface area contributed by atoms with E-state index in [0.29, 0.717) is 5.39 Å². The molecule has 0 saturated heterocycles. The van der Waals surface area contributed by atoms with Crippen LogP contribution in [0.1, 0.15) is 16.1 Å². The molecular formula is C16H9IN4O7. The highest BCUT2D eigenvalue weighted by Crippen LogP contribution is 2.28. The number of aromatic hydroxyl groups is 1. The van der Waals surface area contributed by atoms with Crippen LogP contribution in [0.5, 0.6) is 5.75 Å². The molecule has 3 rings (SSSR count). The van der Waals surface area contributed by atoms with E-state index >= 15 is 0 Å². The zero-order chi connectivity index (χ0) is 20.4. The van der Waals surface area contributed by atoms with Crippen molar-refractivity contribution >= 4 is 57.1 Å². The second-order valence-corrected chi connectivity index (χ2v) is 6.57. The molecule has 2 aromatic carbocycles. The van der Waals surface area contributed by atoms with Crippen molar-refractivity contribution in [3.05, 3.63) is 71.5 Å². The third-order valence-corrected chi connectivity index (χ3v) is 4.42. The van der Waals surface area contributed by atoms with Crippen LogP contribution in [0.15, 0.2) is 45.9 Å². The standard InChI is InChI=1S/C16H9IN4O7/c17-12-6-11(21(26)27)4-9(15(12)22)7-18-19-16(23)14-5-8-3-10(20(24)25)1-2-13(8)28-14/h1-7,22H,(H,19,23)/b18-7-. The molecule has 12 heteroatoms. The number of hydrogen-bond donors (Lipinski definition) is 2. The van der Waals surface area contributed by atoms with Crippen LogP contribution in [0.3, 0.4) is 0 Å².